The topological polar surface area (TPSA) is 65.2 Å². The van der Waals surface area contributed by atoms with E-state index in [1.807, 2.05) is 0 Å². The van der Waals surface area contributed by atoms with Crippen LogP contribution in [0, 0.1) is 0 Å². The fraction of sp³-hybridized carbons (Fsp3) is 0.400. The fourth-order valence-electron chi connectivity index (χ4n) is 0.481. The van der Waals surface area contributed by atoms with Gasteiger partial charge in [-0.15, -0.1) is 0 Å². The van der Waals surface area contributed by atoms with E-state index in [2.05, 4.69) is 19.4 Å². The van der Waals surface area contributed by atoms with Crippen LogP contribution in [0.25, 0.3) is 0 Å². The minimum Gasteiger partial charge on any atom is -0.459 e. The Bertz CT molecular complexity index is 260. The largest absolute Gasteiger partial charge is 0.459 e. The van der Waals surface area contributed by atoms with Crippen molar-refractivity contribution in [1.82, 2.24) is 10.1 Å². The van der Waals surface area contributed by atoms with Gasteiger partial charge in [-0.25, -0.2) is 4.79 Å². The molecule has 60 valence electrons. The van der Waals surface area contributed by atoms with Gasteiger partial charge in [0.2, 0.25) is 0 Å². The number of halogens is 1. The van der Waals surface area contributed by atoms with E-state index in [0.717, 1.165) is 0 Å². The Labute approximate surface area is 67.3 Å². The van der Waals surface area contributed by atoms with Crippen LogP contribution in [0.4, 0.5) is 0 Å². The van der Waals surface area contributed by atoms with E-state index < -0.39 is 5.97 Å². The highest BCUT2D eigenvalue weighted by Crippen LogP contribution is 2.03. The third-order valence-corrected chi connectivity index (χ3v) is 1.00. The molecule has 1 aromatic heterocycles. The monoisotopic (exact) mass is 176 g/mol. The summed E-state index contributed by atoms with van der Waals surface area (Å²) in [6.07, 6.45) is 0. The van der Waals surface area contributed by atoms with Crippen molar-refractivity contribution in [3.63, 3.8) is 0 Å². The van der Waals surface area contributed by atoms with E-state index in [4.69, 9.17) is 11.6 Å². The molecular formula is C5H5ClN2O3. The van der Waals surface area contributed by atoms with Gasteiger partial charge in [-0.2, -0.15) is 4.98 Å². The van der Waals surface area contributed by atoms with Crippen LogP contribution >= 0.6 is 11.6 Å². The lowest BCUT2D eigenvalue weighted by atomic mass is 10.7. The molecule has 1 heterocycles. The molecule has 0 saturated heterocycles. The fourth-order valence-corrected chi connectivity index (χ4v) is 0.593. The van der Waals surface area contributed by atoms with Gasteiger partial charge in [0.05, 0.1) is 6.61 Å². The molecule has 0 saturated carbocycles. The van der Waals surface area contributed by atoms with Crippen molar-refractivity contribution in [2.75, 3.05) is 6.61 Å². The Kier molecular flexibility index (Phi) is 2.43. The first-order valence-corrected chi connectivity index (χ1v) is 3.28. The molecule has 0 unspecified atom stereocenters. The summed E-state index contributed by atoms with van der Waals surface area (Å²) >= 11 is 5.28. The quantitative estimate of drug-likeness (QED) is 0.627. The zero-order chi connectivity index (χ0) is 8.27. The second kappa shape index (κ2) is 3.34. The molecule has 0 aromatic carbocycles. The van der Waals surface area contributed by atoms with Crippen LogP contribution in [-0.4, -0.2) is 22.7 Å². The van der Waals surface area contributed by atoms with Gasteiger partial charge in [0.15, 0.2) is 0 Å². The van der Waals surface area contributed by atoms with Crippen LogP contribution in [-0.2, 0) is 4.74 Å². The van der Waals surface area contributed by atoms with Gasteiger partial charge in [0.25, 0.3) is 5.28 Å². The number of esters is 1. The predicted molar refractivity (Wildman–Crippen MR) is 35.3 cm³/mol. The molecule has 1 aromatic rings. The highest BCUT2D eigenvalue weighted by Gasteiger charge is 2.14. The van der Waals surface area contributed by atoms with Crippen molar-refractivity contribution < 1.29 is 14.1 Å². The SMILES string of the molecule is CCOC(=O)c1nc(Cl)no1. The van der Waals surface area contributed by atoms with Crippen molar-refractivity contribution in [2.24, 2.45) is 0 Å². The zero-order valence-electron chi connectivity index (χ0n) is 5.70. The van der Waals surface area contributed by atoms with Crippen molar-refractivity contribution in [3.05, 3.63) is 11.2 Å². The Morgan fingerprint density at radius 1 is 1.82 bits per heavy atom. The third kappa shape index (κ3) is 1.91. The van der Waals surface area contributed by atoms with Crippen LogP contribution in [0.2, 0.25) is 5.28 Å². The Morgan fingerprint density at radius 3 is 3.00 bits per heavy atom. The number of aromatic nitrogens is 2. The van der Waals surface area contributed by atoms with Gasteiger partial charge in [-0.3, -0.25) is 0 Å². The average Bonchev–Trinajstić information content (AvgIpc) is 2.36. The first kappa shape index (κ1) is 8.00. The first-order chi connectivity index (χ1) is 5.24. The molecule has 1 rings (SSSR count). The van der Waals surface area contributed by atoms with Crippen LogP contribution in [0.5, 0.6) is 0 Å². The summed E-state index contributed by atoms with van der Waals surface area (Å²) in [5, 5.41) is 3.09. The van der Waals surface area contributed by atoms with E-state index in [-0.39, 0.29) is 17.8 Å². The van der Waals surface area contributed by atoms with Crippen LogP contribution in [0.15, 0.2) is 4.52 Å². The number of ether oxygens (including phenoxy) is 1. The van der Waals surface area contributed by atoms with Crippen LogP contribution < -0.4 is 0 Å². The molecule has 11 heavy (non-hydrogen) atoms. The number of rotatable bonds is 2. The van der Waals surface area contributed by atoms with Crippen LogP contribution in [0.1, 0.15) is 17.6 Å². The lowest BCUT2D eigenvalue weighted by Crippen LogP contribution is -2.04. The molecule has 0 aliphatic rings. The molecule has 0 aliphatic heterocycles. The molecule has 0 bridgehead atoms. The highest BCUT2D eigenvalue weighted by atomic mass is 35.5. The lowest BCUT2D eigenvalue weighted by Gasteiger charge is -1.92. The van der Waals surface area contributed by atoms with Crippen molar-refractivity contribution in [1.29, 1.82) is 0 Å². The summed E-state index contributed by atoms with van der Waals surface area (Å²) in [5.74, 6) is -0.885. The molecule has 6 heteroatoms. The van der Waals surface area contributed by atoms with E-state index in [1.165, 1.54) is 0 Å². The normalized spacial score (nSPS) is 9.64. The maximum absolute atomic E-state index is 10.8. The number of hydrogen-bond acceptors (Lipinski definition) is 5. The standard InChI is InChI=1S/C5H5ClN2O3/c1-2-10-4(9)3-7-5(6)8-11-3/h2H2,1H3. The second-order valence-corrected chi connectivity index (χ2v) is 1.93. The molecule has 0 atom stereocenters. The van der Waals surface area contributed by atoms with Gasteiger partial charge in [0.1, 0.15) is 0 Å². The summed E-state index contributed by atoms with van der Waals surface area (Å²) in [4.78, 5) is 14.2. The summed E-state index contributed by atoms with van der Waals surface area (Å²) in [5.41, 5.74) is 0. The van der Waals surface area contributed by atoms with Gasteiger partial charge in [-0.1, -0.05) is 0 Å². The maximum atomic E-state index is 10.8. The summed E-state index contributed by atoms with van der Waals surface area (Å²) in [6, 6.07) is 0. The molecule has 0 spiro atoms. The Balaban J connectivity index is 2.69. The molecule has 0 N–H and O–H groups in total. The summed E-state index contributed by atoms with van der Waals surface area (Å²) in [7, 11) is 0. The first-order valence-electron chi connectivity index (χ1n) is 2.90. The maximum Gasteiger partial charge on any atom is 0.397 e. The number of carbonyl (C=O) groups is 1. The number of carbonyl (C=O) groups excluding carboxylic acids is 1. The van der Waals surface area contributed by atoms with Crippen molar-refractivity contribution in [3.8, 4) is 0 Å². The lowest BCUT2D eigenvalue weighted by molar-refractivity contribution is 0.0470. The average molecular weight is 177 g/mol. The van der Waals surface area contributed by atoms with Gasteiger partial charge >= 0.3 is 11.9 Å². The van der Waals surface area contributed by atoms with Crippen LogP contribution in [0.3, 0.4) is 0 Å². The zero-order valence-corrected chi connectivity index (χ0v) is 6.46. The second-order valence-electron chi connectivity index (χ2n) is 1.59. The van der Waals surface area contributed by atoms with Crippen molar-refractivity contribution >= 4 is 17.6 Å². The Hall–Kier alpha value is -1.10. The minimum atomic E-state index is -0.660. The molecule has 5 nitrogen and oxygen atoms in total. The van der Waals surface area contributed by atoms with Gasteiger partial charge in [-0.05, 0) is 23.7 Å². The van der Waals surface area contributed by atoms with Gasteiger partial charge < -0.3 is 9.26 Å². The molecule has 0 fully saturated rings. The number of hydrogen-bond donors (Lipinski definition) is 0. The Morgan fingerprint density at radius 2 is 2.55 bits per heavy atom. The molecule has 0 amide bonds. The smallest absolute Gasteiger partial charge is 0.397 e. The van der Waals surface area contributed by atoms with E-state index >= 15 is 0 Å². The minimum absolute atomic E-state index is 0.104. The third-order valence-electron chi connectivity index (χ3n) is 0.851. The summed E-state index contributed by atoms with van der Waals surface area (Å²) < 4.78 is 8.96. The number of nitrogens with zero attached hydrogens (tertiary/aromatic N) is 2. The molecule has 0 radical (unpaired) electrons. The van der Waals surface area contributed by atoms with Crippen molar-refractivity contribution in [2.45, 2.75) is 6.92 Å². The summed E-state index contributed by atoms with van der Waals surface area (Å²) in [6.45, 7) is 1.94. The highest BCUT2D eigenvalue weighted by molar-refractivity contribution is 6.28. The van der Waals surface area contributed by atoms with E-state index in [0.29, 0.717) is 0 Å². The molecule has 0 aliphatic carbocycles. The predicted octanol–water partition coefficient (Wildman–Crippen LogP) is 0.900. The van der Waals surface area contributed by atoms with E-state index in [9.17, 15) is 4.79 Å². The molecular weight excluding hydrogens is 172 g/mol. The van der Waals surface area contributed by atoms with E-state index in [1.54, 1.807) is 6.92 Å². The van der Waals surface area contributed by atoms with Gasteiger partial charge in [0, 0.05) is 0 Å².